The Bertz CT molecular complexity index is 699. The van der Waals surface area contributed by atoms with Crippen molar-refractivity contribution in [2.45, 2.75) is 27.0 Å². The molecular formula is C19H20NO+. The van der Waals surface area contributed by atoms with Gasteiger partial charge in [0, 0.05) is 26.0 Å². The maximum atomic E-state index is 6.08. The summed E-state index contributed by atoms with van der Waals surface area (Å²) in [5.41, 5.74) is 4.75. The van der Waals surface area contributed by atoms with Crippen LogP contribution in [0.4, 0.5) is 5.69 Å². The van der Waals surface area contributed by atoms with E-state index < -0.39 is 0 Å². The van der Waals surface area contributed by atoms with E-state index in [0.29, 0.717) is 0 Å². The van der Waals surface area contributed by atoms with Crippen molar-refractivity contribution in [2.24, 2.45) is 0 Å². The Kier molecular flexibility index (Phi) is 3.61. The molecule has 0 bridgehead atoms. The second-order valence-corrected chi connectivity index (χ2v) is 5.31. The number of allylic oxidation sites excluding steroid dienone is 2. The number of para-hydroxylation sites is 1. The summed E-state index contributed by atoms with van der Waals surface area (Å²) in [7, 11) is 0. The minimum atomic E-state index is -0.000128. The van der Waals surface area contributed by atoms with E-state index in [4.69, 9.17) is 4.74 Å². The van der Waals surface area contributed by atoms with Crippen molar-refractivity contribution in [2.75, 3.05) is 0 Å². The van der Waals surface area contributed by atoms with Gasteiger partial charge < -0.3 is 4.74 Å². The van der Waals surface area contributed by atoms with Gasteiger partial charge in [0.15, 0.2) is 5.71 Å². The molecule has 1 atom stereocenters. The van der Waals surface area contributed by atoms with E-state index in [1.54, 1.807) is 0 Å². The Morgan fingerprint density at radius 2 is 1.43 bits per heavy atom. The average molecular weight is 278 g/mol. The van der Waals surface area contributed by atoms with Crippen LogP contribution in [0.1, 0.15) is 26.3 Å². The van der Waals surface area contributed by atoms with E-state index in [0.717, 1.165) is 11.4 Å². The van der Waals surface area contributed by atoms with E-state index in [-0.39, 0.29) is 6.23 Å². The molecule has 1 unspecified atom stereocenters. The zero-order valence-electron chi connectivity index (χ0n) is 12.7. The van der Waals surface area contributed by atoms with Crippen LogP contribution >= 0.6 is 0 Å². The van der Waals surface area contributed by atoms with Gasteiger partial charge in [-0.1, -0.05) is 48.5 Å². The second kappa shape index (κ2) is 5.57. The lowest BCUT2D eigenvalue weighted by Crippen LogP contribution is -2.32. The van der Waals surface area contributed by atoms with E-state index in [2.05, 4.69) is 67.0 Å². The minimum absolute atomic E-state index is 0.000128. The minimum Gasteiger partial charge on any atom is -0.438 e. The summed E-state index contributed by atoms with van der Waals surface area (Å²) in [5.74, 6) is 0.985. The Morgan fingerprint density at radius 3 is 2.05 bits per heavy atom. The maximum Gasteiger partial charge on any atom is 0.299 e. The molecule has 0 N–H and O–H groups in total. The lowest BCUT2D eigenvalue weighted by atomic mass is 9.99. The van der Waals surface area contributed by atoms with Crippen molar-refractivity contribution in [3.05, 3.63) is 72.0 Å². The Morgan fingerprint density at radius 1 is 0.857 bits per heavy atom. The standard InChI is InChI=1S/C19H20NO/c1-14-19(17-10-6-4-7-11-17)15(2)21-16(3)20(14)18-12-8-5-9-13-18/h4-13,16H,1-3H3/q+1. The largest absolute Gasteiger partial charge is 0.438 e. The van der Waals surface area contributed by atoms with E-state index in [1.807, 2.05) is 19.1 Å². The van der Waals surface area contributed by atoms with Crippen LogP contribution in [0.15, 0.2) is 66.4 Å². The van der Waals surface area contributed by atoms with Crippen molar-refractivity contribution in [3.63, 3.8) is 0 Å². The number of benzene rings is 2. The van der Waals surface area contributed by atoms with Gasteiger partial charge in [-0.25, -0.2) is 0 Å². The highest BCUT2D eigenvalue weighted by Gasteiger charge is 2.32. The van der Waals surface area contributed by atoms with Crippen LogP contribution in [0.5, 0.6) is 0 Å². The summed E-state index contributed by atoms with van der Waals surface area (Å²) in [4.78, 5) is 0. The molecule has 0 aromatic heterocycles. The molecule has 2 aromatic carbocycles. The van der Waals surface area contributed by atoms with Crippen molar-refractivity contribution in [3.8, 4) is 0 Å². The van der Waals surface area contributed by atoms with Crippen molar-refractivity contribution in [1.82, 2.24) is 0 Å². The Balaban J connectivity index is 2.17. The van der Waals surface area contributed by atoms with Gasteiger partial charge in [0.2, 0.25) is 5.69 Å². The summed E-state index contributed by atoms with van der Waals surface area (Å²) >= 11 is 0. The first-order valence-corrected chi connectivity index (χ1v) is 7.29. The van der Waals surface area contributed by atoms with Gasteiger partial charge in [-0.05, 0) is 12.5 Å². The topological polar surface area (TPSA) is 12.2 Å². The summed E-state index contributed by atoms with van der Waals surface area (Å²) < 4.78 is 8.32. The normalized spacial score (nSPS) is 18.7. The van der Waals surface area contributed by atoms with E-state index in [9.17, 15) is 0 Å². The van der Waals surface area contributed by atoms with Crippen LogP contribution in [-0.2, 0) is 4.74 Å². The summed E-state index contributed by atoms with van der Waals surface area (Å²) in [6, 6.07) is 20.8. The molecule has 0 saturated carbocycles. The summed E-state index contributed by atoms with van der Waals surface area (Å²) in [5, 5.41) is 0. The van der Waals surface area contributed by atoms with Gasteiger partial charge in [-0.2, -0.15) is 4.58 Å². The third kappa shape index (κ3) is 2.49. The second-order valence-electron chi connectivity index (χ2n) is 5.31. The summed E-state index contributed by atoms with van der Waals surface area (Å²) in [6.45, 7) is 6.30. The molecule has 0 aliphatic carbocycles. The quantitative estimate of drug-likeness (QED) is 0.731. The molecule has 1 heterocycles. The molecule has 106 valence electrons. The molecule has 0 amide bonds. The van der Waals surface area contributed by atoms with Crippen molar-refractivity contribution >= 4 is 17.0 Å². The smallest absolute Gasteiger partial charge is 0.299 e. The average Bonchev–Trinajstić information content (AvgIpc) is 2.49. The van der Waals surface area contributed by atoms with Crippen molar-refractivity contribution < 1.29 is 9.31 Å². The van der Waals surface area contributed by atoms with Gasteiger partial charge in [0.05, 0.1) is 5.57 Å². The number of ether oxygens (including phenoxy) is 1. The molecule has 0 fully saturated rings. The highest BCUT2D eigenvalue weighted by atomic mass is 16.5. The first-order valence-electron chi connectivity index (χ1n) is 7.29. The number of nitrogens with zero attached hydrogens (tertiary/aromatic N) is 1. The molecular weight excluding hydrogens is 258 g/mol. The predicted molar refractivity (Wildman–Crippen MR) is 86.6 cm³/mol. The van der Waals surface area contributed by atoms with Gasteiger partial charge in [-0.15, -0.1) is 0 Å². The monoisotopic (exact) mass is 278 g/mol. The lowest BCUT2D eigenvalue weighted by Gasteiger charge is -2.23. The van der Waals surface area contributed by atoms with Crippen molar-refractivity contribution in [1.29, 1.82) is 0 Å². The van der Waals surface area contributed by atoms with E-state index >= 15 is 0 Å². The highest BCUT2D eigenvalue weighted by Crippen LogP contribution is 2.30. The first-order chi connectivity index (χ1) is 10.2. The van der Waals surface area contributed by atoms with Crippen LogP contribution in [0.2, 0.25) is 0 Å². The molecule has 21 heavy (non-hydrogen) atoms. The number of hydrogen-bond acceptors (Lipinski definition) is 1. The van der Waals surface area contributed by atoms with Gasteiger partial charge >= 0.3 is 0 Å². The fourth-order valence-corrected chi connectivity index (χ4v) is 3.02. The van der Waals surface area contributed by atoms with E-state index in [1.165, 1.54) is 16.8 Å². The zero-order valence-corrected chi connectivity index (χ0v) is 12.7. The molecule has 2 nitrogen and oxygen atoms in total. The number of hydrogen-bond donors (Lipinski definition) is 0. The predicted octanol–water partition coefficient (Wildman–Crippen LogP) is 4.60. The highest BCUT2D eigenvalue weighted by molar-refractivity contribution is 6.21. The SMILES string of the molecule is CC1=C(c2ccccc2)C(C)=[N+](c2ccccc2)C(C)O1. The Labute approximate surface area is 126 Å². The van der Waals surface area contributed by atoms with Gasteiger partial charge in [0.1, 0.15) is 5.76 Å². The molecule has 1 aliphatic heterocycles. The molecule has 0 spiro atoms. The van der Waals surface area contributed by atoms with Gasteiger partial charge in [-0.3, -0.25) is 0 Å². The summed E-state index contributed by atoms with van der Waals surface area (Å²) in [6.07, 6.45) is -0.000128. The Hall–Kier alpha value is -2.35. The number of rotatable bonds is 2. The van der Waals surface area contributed by atoms with Crippen LogP contribution < -0.4 is 0 Å². The molecule has 1 aliphatic rings. The van der Waals surface area contributed by atoms with Crippen LogP contribution in [0.3, 0.4) is 0 Å². The van der Waals surface area contributed by atoms with Crippen LogP contribution in [-0.4, -0.2) is 16.5 Å². The third-order valence-electron chi connectivity index (χ3n) is 3.88. The first kappa shape index (κ1) is 13.6. The fraction of sp³-hybridized carbons (Fsp3) is 0.211. The molecule has 0 saturated heterocycles. The third-order valence-corrected chi connectivity index (χ3v) is 3.88. The molecule has 2 heteroatoms. The molecule has 0 radical (unpaired) electrons. The maximum absolute atomic E-state index is 6.08. The zero-order chi connectivity index (χ0) is 14.8. The van der Waals surface area contributed by atoms with Crippen LogP contribution in [0.25, 0.3) is 5.57 Å². The van der Waals surface area contributed by atoms with Gasteiger partial charge in [0.25, 0.3) is 6.23 Å². The molecule has 3 rings (SSSR count). The molecule has 2 aromatic rings. The fourth-order valence-electron chi connectivity index (χ4n) is 3.02. The lowest BCUT2D eigenvalue weighted by molar-refractivity contribution is -0.535. The van der Waals surface area contributed by atoms with Crippen LogP contribution in [0, 0.1) is 0 Å².